The van der Waals surface area contributed by atoms with Crippen LogP contribution in [0.1, 0.15) is 48.0 Å². The van der Waals surface area contributed by atoms with Crippen molar-refractivity contribution in [1.29, 1.82) is 0 Å². The Kier molecular flexibility index (Phi) is 5.40. The van der Waals surface area contributed by atoms with Crippen molar-refractivity contribution in [3.63, 3.8) is 0 Å². The zero-order valence-electron chi connectivity index (χ0n) is 14.3. The van der Waals surface area contributed by atoms with Crippen molar-refractivity contribution < 1.29 is 22.9 Å². The van der Waals surface area contributed by atoms with Gasteiger partial charge in [-0.15, -0.1) is 6.58 Å². The Bertz CT molecular complexity index is 436. The van der Waals surface area contributed by atoms with E-state index in [1.165, 1.54) is 6.08 Å². The smallest absolute Gasteiger partial charge is 0.394 e. The van der Waals surface area contributed by atoms with E-state index in [9.17, 15) is 9.59 Å². The maximum atomic E-state index is 15.9. The lowest BCUT2D eigenvalue weighted by molar-refractivity contribution is -0.144. The fourth-order valence-electron chi connectivity index (χ4n) is 2.95. The van der Waals surface area contributed by atoms with Crippen LogP contribution < -0.4 is 0 Å². The van der Waals surface area contributed by atoms with Crippen molar-refractivity contribution in [2.24, 2.45) is 5.92 Å². The molecule has 0 unspecified atom stereocenters. The highest BCUT2D eigenvalue weighted by Gasteiger charge is 2.60. The summed E-state index contributed by atoms with van der Waals surface area (Å²) in [5, 5.41) is -1.35. The van der Waals surface area contributed by atoms with Crippen molar-refractivity contribution in [2.45, 2.75) is 70.2 Å². The van der Waals surface area contributed by atoms with Gasteiger partial charge in [0.2, 0.25) is 0 Å². The van der Waals surface area contributed by atoms with Crippen molar-refractivity contribution in [3.05, 3.63) is 12.7 Å². The van der Waals surface area contributed by atoms with Gasteiger partial charge in [-0.05, 0) is 0 Å². The SMILES string of the molecule is C=C[C@@H](O[Si](F)(C(C)(C)C)C(C)(C)C)[C@@H]1OC(=O)C[C@@H]1C=O. The molecule has 0 aromatic rings. The molecule has 0 amide bonds. The van der Waals surface area contributed by atoms with E-state index in [-0.39, 0.29) is 6.42 Å². The number of cyclic esters (lactones) is 1. The van der Waals surface area contributed by atoms with Crippen LogP contribution in [0.3, 0.4) is 0 Å². The Labute approximate surface area is 133 Å². The van der Waals surface area contributed by atoms with Crippen molar-refractivity contribution in [3.8, 4) is 0 Å². The molecular formula is C16H27FO4Si. The molecule has 0 aliphatic carbocycles. The number of carbonyl (C=O) groups is 2. The largest absolute Gasteiger partial charge is 0.458 e. The molecule has 6 heteroatoms. The van der Waals surface area contributed by atoms with E-state index in [0.29, 0.717) is 6.29 Å². The molecule has 1 aliphatic rings. The molecule has 0 spiro atoms. The zero-order chi connectivity index (χ0) is 17.3. The average molecular weight is 330 g/mol. The fraction of sp³-hybridized carbons (Fsp3) is 0.750. The number of hydrogen-bond donors (Lipinski definition) is 0. The first kappa shape index (κ1) is 19.0. The van der Waals surface area contributed by atoms with E-state index in [4.69, 9.17) is 9.16 Å². The molecule has 0 aromatic heterocycles. The summed E-state index contributed by atoms with van der Waals surface area (Å²) in [5.74, 6) is -1.08. The van der Waals surface area contributed by atoms with E-state index >= 15 is 4.11 Å². The van der Waals surface area contributed by atoms with E-state index in [1.54, 1.807) is 0 Å². The summed E-state index contributed by atoms with van der Waals surface area (Å²) in [4.78, 5) is 22.6. The van der Waals surface area contributed by atoms with Crippen LogP contribution in [0.5, 0.6) is 0 Å². The van der Waals surface area contributed by atoms with Gasteiger partial charge in [-0.2, -0.15) is 0 Å². The zero-order valence-corrected chi connectivity index (χ0v) is 15.3. The second kappa shape index (κ2) is 6.24. The Morgan fingerprint density at radius 2 is 1.82 bits per heavy atom. The fourth-order valence-corrected chi connectivity index (χ4v) is 6.51. The lowest BCUT2D eigenvalue weighted by Crippen LogP contribution is -2.54. The van der Waals surface area contributed by atoms with Crippen LogP contribution in [0.25, 0.3) is 0 Å². The molecule has 1 aliphatic heterocycles. The van der Waals surface area contributed by atoms with Crippen LogP contribution in [0, 0.1) is 5.92 Å². The summed E-state index contributed by atoms with van der Waals surface area (Å²) in [7, 11) is -3.75. The Morgan fingerprint density at radius 1 is 1.32 bits per heavy atom. The van der Waals surface area contributed by atoms with Gasteiger partial charge in [-0.1, -0.05) is 47.6 Å². The lowest BCUT2D eigenvalue weighted by atomic mass is 9.99. The second-order valence-corrected chi connectivity index (χ2v) is 12.3. The summed E-state index contributed by atoms with van der Waals surface area (Å²) in [6.45, 7) is 14.5. The number of carbonyl (C=O) groups excluding carboxylic acids is 2. The molecule has 0 aromatic carbocycles. The van der Waals surface area contributed by atoms with Crippen LogP contribution in [0.15, 0.2) is 12.7 Å². The van der Waals surface area contributed by atoms with Crippen LogP contribution >= 0.6 is 0 Å². The first-order chi connectivity index (χ1) is 9.87. The minimum absolute atomic E-state index is 0.00768. The Morgan fingerprint density at radius 3 is 2.18 bits per heavy atom. The van der Waals surface area contributed by atoms with Gasteiger partial charge in [0.15, 0.2) is 0 Å². The van der Waals surface area contributed by atoms with Crippen LogP contribution in [0.4, 0.5) is 4.11 Å². The van der Waals surface area contributed by atoms with E-state index in [1.807, 2.05) is 41.5 Å². The first-order valence-electron chi connectivity index (χ1n) is 7.51. The maximum absolute atomic E-state index is 15.9. The first-order valence-corrected chi connectivity index (χ1v) is 9.30. The molecule has 22 heavy (non-hydrogen) atoms. The van der Waals surface area contributed by atoms with Gasteiger partial charge in [0.1, 0.15) is 18.5 Å². The third-order valence-electron chi connectivity index (χ3n) is 4.05. The molecule has 1 heterocycles. The molecule has 4 nitrogen and oxygen atoms in total. The number of aldehydes is 1. The summed E-state index contributed by atoms with van der Waals surface area (Å²) < 4.78 is 26.9. The third kappa shape index (κ3) is 3.48. The third-order valence-corrected chi connectivity index (χ3v) is 8.51. The highest BCUT2D eigenvalue weighted by molar-refractivity contribution is 6.72. The normalized spacial score (nSPS) is 24.8. The van der Waals surface area contributed by atoms with Gasteiger partial charge >= 0.3 is 14.6 Å². The van der Waals surface area contributed by atoms with Crippen LogP contribution in [-0.4, -0.2) is 33.1 Å². The van der Waals surface area contributed by atoms with E-state index < -0.39 is 42.8 Å². The molecule has 126 valence electrons. The van der Waals surface area contributed by atoms with Crippen LogP contribution in [-0.2, 0) is 18.8 Å². The topological polar surface area (TPSA) is 52.6 Å². The molecular weight excluding hydrogens is 303 g/mol. The summed E-state index contributed by atoms with van der Waals surface area (Å²) in [5.41, 5.74) is 0. The lowest BCUT2D eigenvalue weighted by Gasteiger charge is -2.45. The average Bonchev–Trinajstić information content (AvgIpc) is 2.74. The molecule has 1 saturated heterocycles. The minimum Gasteiger partial charge on any atom is -0.458 e. The van der Waals surface area contributed by atoms with Crippen LogP contribution in [0.2, 0.25) is 10.1 Å². The molecule has 0 saturated carbocycles. The van der Waals surface area contributed by atoms with Gasteiger partial charge in [0.05, 0.1) is 12.3 Å². The Balaban J connectivity index is 3.12. The molecule has 0 N–H and O–H groups in total. The quantitative estimate of drug-likeness (QED) is 0.254. The summed E-state index contributed by atoms with van der Waals surface area (Å²) in [6.07, 6.45) is 0.490. The minimum atomic E-state index is -3.75. The van der Waals surface area contributed by atoms with Gasteiger partial charge in [-0.3, -0.25) is 8.90 Å². The highest BCUT2D eigenvalue weighted by atomic mass is 28.4. The number of esters is 1. The summed E-state index contributed by atoms with van der Waals surface area (Å²) in [6, 6.07) is 0. The number of hydrogen-bond acceptors (Lipinski definition) is 4. The van der Waals surface area contributed by atoms with Gasteiger partial charge in [0, 0.05) is 10.1 Å². The second-order valence-electron chi connectivity index (χ2n) is 7.87. The summed E-state index contributed by atoms with van der Waals surface area (Å²) >= 11 is 0. The Hall–Kier alpha value is -1.01. The molecule has 0 radical (unpaired) electrons. The molecule has 0 bridgehead atoms. The predicted molar refractivity (Wildman–Crippen MR) is 85.4 cm³/mol. The van der Waals surface area contributed by atoms with E-state index in [2.05, 4.69) is 6.58 Å². The number of ether oxygens (including phenoxy) is 1. The number of rotatable bonds is 5. The van der Waals surface area contributed by atoms with Gasteiger partial charge in [-0.25, -0.2) is 0 Å². The van der Waals surface area contributed by atoms with Gasteiger partial charge < -0.3 is 14.0 Å². The monoisotopic (exact) mass is 330 g/mol. The van der Waals surface area contributed by atoms with Gasteiger partial charge in [0.25, 0.3) is 0 Å². The maximum Gasteiger partial charge on any atom is 0.394 e. The number of halogens is 1. The molecule has 1 rings (SSSR count). The van der Waals surface area contributed by atoms with Crippen molar-refractivity contribution >= 4 is 20.9 Å². The standard InChI is InChI=1S/C16H27FO4Si/c1-8-12(14-11(10-18)9-13(19)20-14)21-22(17,15(2,3)4)16(5,6)7/h8,10-12,14H,1,9H2,2-7H3/t11-,12-,14-/m1/s1. The molecule has 1 fully saturated rings. The van der Waals surface area contributed by atoms with Crippen molar-refractivity contribution in [1.82, 2.24) is 0 Å². The van der Waals surface area contributed by atoms with Crippen molar-refractivity contribution in [2.75, 3.05) is 0 Å². The highest BCUT2D eigenvalue weighted by Crippen LogP contribution is 2.53. The predicted octanol–water partition coefficient (Wildman–Crippen LogP) is 3.70. The molecule has 3 atom stereocenters. The van der Waals surface area contributed by atoms with E-state index in [0.717, 1.165) is 0 Å².